The third-order valence-electron chi connectivity index (χ3n) is 2.76. The van der Waals surface area contributed by atoms with Crippen LogP contribution < -0.4 is 0 Å². The van der Waals surface area contributed by atoms with Gasteiger partial charge in [-0.25, -0.2) is 4.79 Å². The highest BCUT2D eigenvalue weighted by Gasteiger charge is 2.45. The van der Waals surface area contributed by atoms with Crippen LogP contribution in [-0.2, 0) is 9.53 Å². The van der Waals surface area contributed by atoms with Gasteiger partial charge in [0.05, 0.1) is 6.61 Å². The molecule has 2 rings (SSSR count). The molecule has 0 aliphatic heterocycles. The summed E-state index contributed by atoms with van der Waals surface area (Å²) in [5, 5.41) is 0.923. The molecule has 0 bridgehead atoms. The summed E-state index contributed by atoms with van der Waals surface area (Å²) in [5.74, 6) is 1.09. The highest BCUT2D eigenvalue weighted by atomic mass is 35.5. The molecule has 0 spiro atoms. The van der Waals surface area contributed by atoms with Gasteiger partial charge in [0, 0.05) is 11.1 Å². The Hall–Kier alpha value is -0.760. The Morgan fingerprint density at radius 3 is 3.07 bits per heavy atom. The lowest BCUT2D eigenvalue weighted by Gasteiger charge is -1.98. The second-order valence-electron chi connectivity index (χ2n) is 3.75. The molecule has 0 N–H and O–H groups in total. The summed E-state index contributed by atoms with van der Waals surface area (Å²) in [6, 6.07) is 0. The lowest BCUT2D eigenvalue weighted by Crippen LogP contribution is -1.99. The Morgan fingerprint density at radius 1 is 1.71 bits per heavy atom. The first-order chi connectivity index (χ1) is 6.72. The Balaban J connectivity index is 1.96. The first-order valence-electron chi connectivity index (χ1n) is 4.95. The Labute approximate surface area is 88.6 Å². The van der Waals surface area contributed by atoms with Crippen molar-refractivity contribution in [3.8, 4) is 0 Å². The number of carbonyl (C=O) groups excluding carboxylic acids is 1. The normalized spacial score (nSPS) is 29.6. The number of rotatable bonds is 3. The number of ether oxygens (including phenoxy) is 1. The highest BCUT2D eigenvalue weighted by Crippen LogP contribution is 2.56. The third kappa shape index (κ3) is 1.85. The molecule has 1 saturated carbocycles. The van der Waals surface area contributed by atoms with Crippen LogP contribution >= 0.6 is 11.6 Å². The van der Waals surface area contributed by atoms with Crippen molar-refractivity contribution >= 4 is 17.6 Å². The number of carbonyl (C=O) groups is 1. The van der Waals surface area contributed by atoms with Gasteiger partial charge in [0.25, 0.3) is 0 Å². The molecule has 0 aromatic carbocycles. The van der Waals surface area contributed by atoms with Crippen molar-refractivity contribution in [1.29, 1.82) is 0 Å². The molecular weight excluding hydrogens is 200 g/mol. The van der Waals surface area contributed by atoms with Crippen molar-refractivity contribution in [3.63, 3.8) is 0 Å². The molecule has 3 heteroatoms. The number of esters is 1. The average Bonchev–Trinajstić information content (AvgIpc) is 2.79. The van der Waals surface area contributed by atoms with Crippen LogP contribution in [0, 0.1) is 11.8 Å². The van der Waals surface area contributed by atoms with Gasteiger partial charge in [-0.3, -0.25) is 0 Å². The fourth-order valence-electron chi connectivity index (χ4n) is 1.97. The van der Waals surface area contributed by atoms with E-state index in [1.54, 1.807) is 6.92 Å². The first kappa shape index (κ1) is 9.78. The minimum absolute atomic E-state index is 0.284. The molecule has 0 heterocycles. The molecule has 2 atom stereocenters. The topological polar surface area (TPSA) is 26.3 Å². The third-order valence-corrected chi connectivity index (χ3v) is 3.13. The van der Waals surface area contributed by atoms with Crippen molar-refractivity contribution in [2.75, 3.05) is 6.61 Å². The number of halogens is 1. The minimum atomic E-state index is -0.284. The molecule has 0 amide bonds. The molecule has 14 heavy (non-hydrogen) atoms. The zero-order chi connectivity index (χ0) is 10.1. The number of fused-ring (bicyclic) bond motifs is 1. The maximum atomic E-state index is 11.1. The lowest BCUT2D eigenvalue weighted by molar-refractivity contribution is -0.137. The summed E-state index contributed by atoms with van der Waals surface area (Å²) < 4.78 is 4.79. The molecule has 2 aliphatic carbocycles. The second-order valence-corrected chi connectivity index (χ2v) is 4.21. The fourth-order valence-corrected chi connectivity index (χ4v) is 2.37. The van der Waals surface area contributed by atoms with Crippen LogP contribution in [0.25, 0.3) is 0 Å². The molecule has 2 unspecified atom stereocenters. The van der Waals surface area contributed by atoms with Gasteiger partial charge in [-0.1, -0.05) is 17.7 Å². The standard InChI is InChI=1S/C11H13ClO2/c1-2-14-11(13)4-3-8-9-5-7(9)6-10(8)12/h3-4,7,9H,2,5-6H2,1H3/b4-3+. The molecule has 1 fully saturated rings. The first-order valence-corrected chi connectivity index (χ1v) is 5.33. The summed E-state index contributed by atoms with van der Waals surface area (Å²) in [4.78, 5) is 11.1. The smallest absolute Gasteiger partial charge is 0.330 e. The van der Waals surface area contributed by atoms with Gasteiger partial charge < -0.3 is 4.74 Å². The van der Waals surface area contributed by atoms with Gasteiger partial charge in [0.1, 0.15) is 0 Å². The molecule has 76 valence electrons. The molecule has 0 saturated heterocycles. The molecule has 0 aromatic rings. The molecule has 2 aliphatic rings. The van der Waals surface area contributed by atoms with Crippen molar-refractivity contribution in [1.82, 2.24) is 0 Å². The average molecular weight is 213 g/mol. The summed E-state index contributed by atoms with van der Waals surface area (Å²) in [6.07, 6.45) is 5.52. The fraction of sp³-hybridized carbons (Fsp3) is 0.545. The van der Waals surface area contributed by atoms with Gasteiger partial charge in [-0.2, -0.15) is 0 Å². The van der Waals surface area contributed by atoms with E-state index in [-0.39, 0.29) is 5.97 Å². The number of allylic oxidation sites excluding steroid dienone is 3. The zero-order valence-electron chi connectivity index (χ0n) is 8.13. The zero-order valence-corrected chi connectivity index (χ0v) is 8.88. The summed E-state index contributed by atoms with van der Waals surface area (Å²) in [5.41, 5.74) is 1.14. The van der Waals surface area contributed by atoms with Crippen LogP contribution in [0.1, 0.15) is 19.8 Å². The van der Waals surface area contributed by atoms with Crippen molar-refractivity contribution in [2.45, 2.75) is 19.8 Å². The van der Waals surface area contributed by atoms with Gasteiger partial charge in [-0.15, -0.1) is 0 Å². The van der Waals surface area contributed by atoms with Crippen LogP contribution in [-0.4, -0.2) is 12.6 Å². The number of hydrogen-bond acceptors (Lipinski definition) is 2. The van der Waals surface area contributed by atoms with Gasteiger partial charge >= 0.3 is 5.97 Å². The van der Waals surface area contributed by atoms with E-state index >= 15 is 0 Å². The summed E-state index contributed by atoms with van der Waals surface area (Å²) in [7, 11) is 0. The highest BCUT2D eigenvalue weighted by molar-refractivity contribution is 6.30. The van der Waals surface area contributed by atoms with Crippen molar-refractivity contribution < 1.29 is 9.53 Å². The quantitative estimate of drug-likeness (QED) is 0.531. The van der Waals surface area contributed by atoms with E-state index in [4.69, 9.17) is 16.3 Å². The summed E-state index contributed by atoms with van der Waals surface area (Å²) >= 11 is 6.04. The molecular formula is C11H13ClO2. The van der Waals surface area contributed by atoms with Crippen LogP contribution in [0.3, 0.4) is 0 Å². The van der Waals surface area contributed by atoms with E-state index in [0.29, 0.717) is 12.5 Å². The molecule has 2 nitrogen and oxygen atoms in total. The van der Waals surface area contributed by atoms with Crippen LogP contribution in [0.4, 0.5) is 0 Å². The number of hydrogen-bond donors (Lipinski definition) is 0. The summed E-state index contributed by atoms with van der Waals surface area (Å²) in [6.45, 7) is 2.21. The van der Waals surface area contributed by atoms with E-state index in [1.165, 1.54) is 12.5 Å². The predicted molar refractivity (Wildman–Crippen MR) is 54.9 cm³/mol. The van der Waals surface area contributed by atoms with Crippen LogP contribution in [0.2, 0.25) is 0 Å². The lowest BCUT2D eigenvalue weighted by atomic mass is 10.2. The van der Waals surface area contributed by atoms with E-state index in [9.17, 15) is 4.79 Å². The predicted octanol–water partition coefficient (Wildman–Crippen LogP) is 2.64. The van der Waals surface area contributed by atoms with Gasteiger partial charge in [0.2, 0.25) is 0 Å². The van der Waals surface area contributed by atoms with Gasteiger partial charge in [0.15, 0.2) is 0 Å². The monoisotopic (exact) mass is 212 g/mol. The van der Waals surface area contributed by atoms with Crippen LogP contribution in [0.5, 0.6) is 0 Å². The Kier molecular flexibility index (Phi) is 2.64. The van der Waals surface area contributed by atoms with E-state index < -0.39 is 0 Å². The molecule has 0 aromatic heterocycles. The SMILES string of the molecule is CCOC(=O)/C=C/C1=C(Cl)CC2CC12. The Morgan fingerprint density at radius 2 is 2.50 bits per heavy atom. The van der Waals surface area contributed by atoms with Crippen molar-refractivity contribution in [2.24, 2.45) is 11.8 Å². The Bertz CT molecular complexity index is 317. The van der Waals surface area contributed by atoms with E-state index in [0.717, 1.165) is 22.9 Å². The largest absolute Gasteiger partial charge is 0.463 e. The maximum absolute atomic E-state index is 11.1. The molecule has 0 radical (unpaired) electrons. The minimum Gasteiger partial charge on any atom is -0.463 e. The van der Waals surface area contributed by atoms with Crippen LogP contribution in [0.15, 0.2) is 22.8 Å². The second kappa shape index (κ2) is 3.77. The van der Waals surface area contributed by atoms with Crippen molar-refractivity contribution in [3.05, 3.63) is 22.8 Å². The van der Waals surface area contributed by atoms with E-state index in [2.05, 4.69) is 0 Å². The maximum Gasteiger partial charge on any atom is 0.330 e. The van der Waals surface area contributed by atoms with E-state index in [1.807, 2.05) is 6.08 Å². The van der Waals surface area contributed by atoms with Gasteiger partial charge in [-0.05, 0) is 37.2 Å².